The van der Waals surface area contributed by atoms with Crippen molar-refractivity contribution < 1.29 is 14.3 Å². The molecule has 1 aromatic heterocycles. The van der Waals surface area contributed by atoms with Crippen molar-refractivity contribution in [2.75, 3.05) is 0 Å². The van der Waals surface area contributed by atoms with Crippen LogP contribution in [0.3, 0.4) is 0 Å². The summed E-state index contributed by atoms with van der Waals surface area (Å²) in [5.41, 5.74) is 3.28. The number of ether oxygens (including phenoxy) is 1. The number of amides is 2. The van der Waals surface area contributed by atoms with E-state index < -0.39 is 0 Å². The molecule has 1 fully saturated rings. The summed E-state index contributed by atoms with van der Waals surface area (Å²) in [4.78, 5) is 24.3. The second kappa shape index (κ2) is 8.15. The second-order valence-electron chi connectivity index (χ2n) is 7.95. The van der Waals surface area contributed by atoms with E-state index in [1.807, 2.05) is 13.8 Å². The maximum absolute atomic E-state index is 12.3. The topological polar surface area (TPSA) is 123 Å². The molecule has 10 nitrogen and oxygen atoms in total. The highest BCUT2D eigenvalue weighted by atomic mass is 16.6. The smallest absolute Gasteiger partial charge is 0.407 e. The summed E-state index contributed by atoms with van der Waals surface area (Å²) >= 11 is 0. The first kappa shape index (κ1) is 20.1. The van der Waals surface area contributed by atoms with E-state index in [0.29, 0.717) is 23.9 Å². The molecule has 154 valence electrons. The molecule has 1 aliphatic carbocycles. The molecule has 2 heterocycles. The van der Waals surface area contributed by atoms with Gasteiger partial charge >= 0.3 is 6.09 Å². The number of alkyl carbamates (subject to hydrolysis) is 1. The quantitative estimate of drug-likeness (QED) is 0.695. The number of nitrogens with zero attached hydrogens (tertiary/aromatic N) is 4. The number of hydrogen-bond acceptors (Lipinski definition) is 7. The summed E-state index contributed by atoms with van der Waals surface area (Å²) in [6.45, 7) is 6.06. The molecule has 4 atom stereocenters. The fourth-order valence-corrected chi connectivity index (χ4v) is 3.73. The number of carbonyl (C=O) groups excluding carboxylic acids is 2. The third-order valence-electron chi connectivity index (χ3n) is 5.72. The maximum Gasteiger partial charge on any atom is 0.407 e. The van der Waals surface area contributed by atoms with E-state index in [9.17, 15) is 9.59 Å². The summed E-state index contributed by atoms with van der Waals surface area (Å²) in [5, 5.41) is 17.5. The normalized spacial score (nSPS) is 27.6. The van der Waals surface area contributed by atoms with Gasteiger partial charge in [0.15, 0.2) is 0 Å². The number of aromatic nitrogens is 3. The highest BCUT2D eigenvalue weighted by Crippen LogP contribution is 2.39. The van der Waals surface area contributed by atoms with Crippen molar-refractivity contribution in [3.8, 4) is 0 Å². The summed E-state index contributed by atoms with van der Waals surface area (Å²) in [6, 6.07) is 0.105. The Kier molecular flexibility index (Phi) is 5.85. The average molecular weight is 391 g/mol. The van der Waals surface area contributed by atoms with Crippen LogP contribution in [0.15, 0.2) is 11.3 Å². The molecule has 1 aliphatic heterocycles. The van der Waals surface area contributed by atoms with Crippen molar-refractivity contribution in [1.29, 1.82) is 0 Å². The molecule has 0 radical (unpaired) electrons. The van der Waals surface area contributed by atoms with Crippen molar-refractivity contribution in [3.63, 3.8) is 0 Å². The van der Waals surface area contributed by atoms with Gasteiger partial charge in [-0.05, 0) is 45.4 Å². The summed E-state index contributed by atoms with van der Waals surface area (Å²) in [6.07, 6.45) is 4.99. The van der Waals surface area contributed by atoms with Crippen molar-refractivity contribution >= 4 is 17.8 Å². The molecule has 0 spiro atoms. The average Bonchev–Trinajstić information content (AvgIpc) is 3.36. The number of rotatable bonds is 5. The minimum absolute atomic E-state index is 0.0909. The Morgan fingerprint density at radius 2 is 2.25 bits per heavy atom. The molecule has 1 aromatic rings. The van der Waals surface area contributed by atoms with Crippen molar-refractivity contribution in [2.24, 2.45) is 18.1 Å². The van der Waals surface area contributed by atoms with Gasteiger partial charge in [-0.2, -0.15) is 5.10 Å². The van der Waals surface area contributed by atoms with Gasteiger partial charge in [0, 0.05) is 19.5 Å². The van der Waals surface area contributed by atoms with Crippen LogP contribution >= 0.6 is 0 Å². The molecular formula is C18H29N7O3. The summed E-state index contributed by atoms with van der Waals surface area (Å²) < 4.78 is 6.99. The van der Waals surface area contributed by atoms with E-state index in [0.717, 1.165) is 25.7 Å². The van der Waals surface area contributed by atoms with Crippen LogP contribution in [-0.2, 0) is 11.8 Å². The van der Waals surface area contributed by atoms with E-state index in [2.05, 4.69) is 38.4 Å². The lowest BCUT2D eigenvalue weighted by molar-refractivity contribution is 0.0918. The first-order chi connectivity index (χ1) is 13.3. The van der Waals surface area contributed by atoms with E-state index >= 15 is 0 Å². The Hall–Kier alpha value is -2.65. The summed E-state index contributed by atoms with van der Waals surface area (Å²) in [5.74, 6) is 0.602. The zero-order valence-electron chi connectivity index (χ0n) is 16.9. The van der Waals surface area contributed by atoms with Gasteiger partial charge in [0.1, 0.15) is 17.6 Å². The number of hydrogen-bond donors (Lipinski definition) is 3. The van der Waals surface area contributed by atoms with Crippen LogP contribution in [0.1, 0.15) is 63.4 Å². The SMILES string of the molecule is CC[C@H](C)NC(=O)O[C@@H]1CC[C@H](C2(C)CC(NC(=O)c3cnnn3C)=NN2)C1. The van der Waals surface area contributed by atoms with Crippen LogP contribution in [0.4, 0.5) is 4.79 Å². The predicted molar refractivity (Wildman–Crippen MR) is 103 cm³/mol. The van der Waals surface area contributed by atoms with Gasteiger partial charge < -0.3 is 20.8 Å². The molecule has 28 heavy (non-hydrogen) atoms. The predicted octanol–water partition coefficient (Wildman–Crippen LogP) is 1.30. The Balaban J connectivity index is 1.50. The van der Waals surface area contributed by atoms with Gasteiger partial charge in [-0.1, -0.05) is 12.1 Å². The first-order valence-corrected chi connectivity index (χ1v) is 9.77. The number of aryl methyl sites for hydroxylation is 1. The molecule has 0 bridgehead atoms. The van der Waals surface area contributed by atoms with Gasteiger partial charge in [0.25, 0.3) is 5.91 Å². The third-order valence-corrected chi connectivity index (χ3v) is 5.72. The molecule has 3 rings (SSSR count). The Bertz CT molecular complexity index is 762. The second-order valence-corrected chi connectivity index (χ2v) is 7.95. The minimum atomic E-state index is -0.349. The summed E-state index contributed by atoms with van der Waals surface area (Å²) in [7, 11) is 1.66. The van der Waals surface area contributed by atoms with Gasteiger partial charge in [0.05, 0.1) is 11.7 Å². The van der Waals surface area contributed by atoms with Gasteiger partial charge in [-0.25, -0.2) is 9.48 Å². The van der Waals surface area contributed by atoms with E-state index in [1.165, 1.54) is 10.9 Å². The number of carbonyl (C=O) groups is 2. The van der Waals surface area contributed by atoms with E-state index in [1.54, 1.807) is 7.05 Å². The molecule has 1 saturated carbocycles. The monoisotopic (exact) mass is 391 g/mol. The lowest BCUT2D eigenvalue weighted by atomic mass is 9.82. The van der Waals surface area contributed by atoms with Crippen LogP contribution in [0, 0.1) is 5.92 Å². The lowest BCUT2D eigenvalue weighted by Crippen LogP contribution is -2.44. The Labute approximate surface area is 164 Å². The highest BCUT2D eigenvalue weighted by molar-refractivity contribution is 6.06. The number of hydrazone groups is 1. The zero-order valence-corrected chi connectivity index (χ0v) is 16.9. The largest absolute Gasteiger partial charge is 0.446 e. The number of amidine groups is 1. The van der Waals surface area contributed by atoms with E-state index in [-0.39, 0.29) is 29.7 Å². The highest BCUT2D eigenvalue weighted by Gasteiger charge is 2.44. The first-order valence-electron chi connectivity index (χ1n) is 9.77. The minimum Gasteiger partial charge on any atom is -0.446 e. The van der Waals surface area contributed by atoms with E-state index in [4.69, 9.17) is 4.74 Å². The van der Waals surface area contributed by atoms with Crippen molar-refractivity contribution in [1.82, 2.24) is 31.1 Å². The van der Waals surface area contributed by atoms with Crippen LogP contribution in [0.5, 0.6) is 0 Å². The fraction of sp³-hybridized carbons (Fsp3) is 0.722. The van der Waals surface area contributed by atoms with Crippen molar-refractivity contribution in [2.45, 2.75) is 70.6 Å². The van der Waals surface area contributed by atoms with Crippen LogP contribution in [0.25, 0.3) is 0 Å². The Morgan fingerprint density at radius 1 is 1.46 bits per heavy atom. The number of nitrogens with one attached hydrogen (secondary N) is 3. The molecule has 2 amide bonds. The Morgan fingerprint density at radius 3 is 2.93 bits per heavy atom. The zero-order chi connectivity index (χ0) is 20.3. The van der Waals surface area contributed by atoms with Crippen LogP contribution < -0.4 is 16.1 Å². The van der Waals surface area contributed by atoms with Gasteiger partial charge in [-0.3, -0.25) is 4.79 Å². The maximum atomic E-state index is 12.3. The molecular weight excluding hydrogens is 362 g/mol. The fourth-order valence-electron chi connectivity index (χ4n) is 3.73. The van der Waals surface area contributed by atoms with Gasteiger partial charge in [-0.15, -0.1) is 5.10 Å². The molecule has 2 aliphatic rings. The lowest BCUT2D eigenvalue weighted by Gasteiger charge is -2.30. The van der Waals surface area contributed by atoms with Crippen molar-refractivity contribution in [3.05, 3.63) is 11.9 Å². The third kappa shape index (κ3) is 4.42. The molecule has 0 saturated heterocycles. The molecule has 3 N–H and O–H groups in total. The standard InChI is InChI=1S/C18H29N7O3/c1-5-11(2)20-17(27)28-13-7-6-12(8-13)18(3)9-15(22-23-18)21-16(26)14-10-19-24-25(14)4/h10-13,23H,5-9H2,1-4H3,(H,20,27)(H,21,22,26)/t11-,12-,13+,18?/m0/s1. The molecule has 0 aromatic carbocycles. The molecule has 1 unspecified atom stereocenters. The van der Waals surface area contributed by atoms with Gasteiger partial charge in [0.2, 0.25) is 0 Å². The van der Waals surface area contributed by atoms with Crippen LogP contribution in [-0.4, -0.2) is 50.5 Å². The molecule has 10 heteroatoms. The van der Waals surface area contributed by atoms with Crippen LogP contribution in [0.2, 0.25) is 0 Å².